The molecule has 6 heteroatoms. The van der Waals surface area contributed by atoms with Crippen molar-refractivity contribution < 1.29 is 4.79 Å². The fraction of sp³-hybridized carbons (Fsp3) is 0.652. The lowest BCUT2D eigenvalue weighted by molar-refractivity contribution is -0.134. The van der Waals surface area contributed by atoms with Crippen LogP contribution in [-0.4, -0.2) is 49.5 Å². The molecule has 29 heavy (non-hydrogen) atoms. The topological polar surface area (TPSA) is 56.7 Å². The zero-order valence-electron chi connectivity index (χ0n) is 18.1. The summed E-state index contributed by atoms with van der Waals surface area (Å²) in [5.74, 6) is 1.48. The Morgan fingerprint density at radius 2 is 1.86 bits per heavy atom. The highest BCUT2D eigenvalue weighted by atomic mass is 127. The van der Waals surface area contributed by atoms with E-state index in [0.29, 0.717) is 5.91 Å². The van der Waals surface area contributed by atoms with Crippen molar-refractivity contribution in [1.82, 2.24) is 15.5 Å². The van der Waals surface area contributed by atoms with Gasteiger partial charge >= 0.3 is 0 Å². The van der Waals surface area contributed by atoms with Gasteiger partial charge in [0.15, 0.2) is 5.96 Å². The summed E-state index contributed by atoms with van der Waals surface area (Å²) in [6.45, 7) is 7.06. The molecule has 0 radical (unpaired) electrons. The fourth-order valence-corrected chi connectivity index (χ4v) is 4.43. The summed E-state index contributed by atoms with van der Waals surface area (Å²) < 4.78 is 0. The van der Waals surface area contributed by atoms with E-state index in [4.69, 9.17) is 0 Å². The van der Waals surface area contributed by atoms with Gasteiger partial charge in [0.1, 0.15) is 0 Å². The number of benzene rings is 1. The second-order valence-electron chi connectivity index (χ2n) is 9.15. The molecule has 1 unspecified atom stereocenters. The minimum absolute atomic E-state index is 0. The van der Waals surface area contributed by atoms with Gasteiger partial charge in [-0.05, 0) is 36.7 Å². The first kappa shape index (κ1) is 24.0. The Labute approximate surface area is 193 Å². The van der Waals surface area contributed by atoms with E-state index in [1.807, 2.05) is 7.05 Å². The molecule has 2 fully saturated rings. The van der Waals surface area contributed by atoms with Crippen LogP contribution in [0.4, 0.5) is 0 Å². The molecule has 0 bridgehead atoms. The molecule has 2 N–H and O–H groups in total. The summed E-state index contributed by atoms with van der Waals surface area (Å²) in [6.07, 6.45) is 6.58. The number of hydrogen-bond donors (Lipinski definition) is 2. The average Bonchev–Trinajstić information content (AvgIpc) is 3.37. The van der Waals surface area contributed by atoms with Crippen LogP contribution in [0.5, 0.6) is 0 Å². The Hall–Kier alpha value is -1.31. The number of halogens is 1. The Morgan fingerprint density at radius 3 is 2.52 bits per heavy atom. The Balaban J connectivity index is 0.00000300. The zero-order valence-corrected chi connectivity index (χ0v) is 20.4. The molecule has 1 aliphatic heterocycles. The van der Waals surface area contributed by atoms with E-state index in [-0.39, 0.29) is 41.4 Å². The number of carbonyl (C=O) groups excluding carboxylic acids is 1. The minimum atomic E-state index is 0. The van der Waals surface area contributed by atoms with Crippen molar-refractivity contribution in [3.05, 3.63) is 35.9 Å². The third-order valence-corrected chi connectivity index (χ3v) is 6.03. The van der Waals surface area contributed by atoms with E-state index < -0.39 is 0 Å². The molecule has 1 heterocycles. The number of likely N-dealkylation sites (tertiary alicyclic amines) is 1. The van der Waals surface area contributed by atoms with Crippen LogP contribution >= 0.6 is 24.0 Å². The lowest BCUT2D eigenvalue weighted by Gasteiger charge is -2.27. The monoisotopic (exact) mass is 512 g/mol. The van der Waals surface area contributed by atoms with E-state index in [1.54, 1.807) is 0 Å². The molecular formula is C23H37IN4O. The highest BCUT2D eigenvalue weighted by molar-refractivity contribution is 14.0. The van der Waals surface area contributed by atoms with E-state index in [0.717, 1.165) is 51.3 Å². The van der Waals surface area contributed by atoms with Crippen LogP contribution < -0.4 is 10.6 Å². The molecule has 1 saturated heterocycles. The van der Waals surface area contributed by atoms with Gasteiger partial charge in [0, 0.05) is 38.6 Å². The molecule has 0 aromatic heterocycles. The number of carbonyl (C=O) groups is 1. The maximum absolute atomic E-state index is 12.6. The maximum Gasteiger partial charge on any atom is 0.225 e. The molecule has 1 amide bonds. The summed E-state index contributed by atoms with van der Waals surface area (Å²) in [5.41, 5.74) is 1.48. The van der Waals surface area contributed by atoms with Crippen LogP contribution in [0.25, 0.3) is 0 Å². The predicted molar refractivity (Wildman–Crippen MR) is 131 cm³/mol. The third-order valence-electron chi connectivity index (χ3n) is 6.03. The minimum Gasteiger partial charge on any atom is -0.356 e. The second-order valence-corrected chi connectivity index (χ2v) is 9.15. The number of rotatable bonds is 6. The number of amides is 1. The number of nitrogens with one attached hydrogen (secondary N) is 2. The van der Waals surface area contributed by atoms with Crippen LogP contribution in [0.15, 0.2) is 35.3 Å². The molecule has 1 aromatic rings. The lowest BCUT2D eigenvalue weighted by Crippen LogP contribution is -2.47. The summed E-state index contributed by atoms with van der Waals surface area (Å²) in [5, 5.41) is 7.01. The lowest BCUT2D eigenvalue weighted by atomic mass is 9.86. The highest BCUT2D eigenvalue weighted by Gasteiger charge is 2.32. The SMILES string of the molecule is CN=C(NCC(C)(C)Cc1ccccc1)NC1CCN(C(=O)C2CCCC2)C1.I. The second kappa shape index (κ2) is 11.2. The smallest absolute Gasteiger partial charge is 0.225 e. The molecule has 5 nitrogen and oxygen atoms in total. The Bertz CT molecular complexity index is 671. The largest absolute Gasteiger partial charge is 0.356 e. The van der Waals surface area contributed by atoms with Crippen LogP contribution in [0, 0.1) is 11.3 Å². The third kappa shape index (κ3) is 7.15. The van der Waals surface area contributed by atoms with Gasteiger partial charge in [-0.2, -0.15) is 0 Å². The normalized spacial score (nSPS) is 20.4. The zero-order chi connectivity index (χ0) is 20.0. The van der Waals surface area contributed by atoms with Gasteiger partial charge in [-0.15, -0.1) is 24.0 Å². The van der Waals surface area contributed by atoms with Gasteiger partial charge in [0.25, 0.3) is 0 Å². The maximum atomic E-state index is 12.6. The van der Waals surface area contributed by atoms with Crippen molar-refractivity contribution in [1.29, 1.82) is 0 Å². The van der Waals surface area contributed by atoms with E-state index >= 15 is 0 Å². The summed E-state index contributed by atoms with van der Waals surface area (Å²) in [7, 11) is 1.82. The molecule has 0 spiro atoms. The van der Waals surface area contributed by atoms with Crippen molar-refractivity contribution >= 4 is 35.8 Å². The molecular weight excluding hydrogens is 475 g/mol. The molecule has 1 atom stereocenters. The first-order valence-corrected chi connectivity index (χ1v) is 10.8. The van der Waals surface area contributed by atoms with Crippen LogP contribution in [-0.2, 0) is 11.2 Å². The van der Waals surface area contributed by atoms with Crippen molar-refractivity contribution in [3.8, 4) is 0 Å². The number of aliphatic imine (C=N–C) groups is 1. The molecule has 162 valence electrons. The average molecular weight is 512 g/mol. The molecule has 1 saturated carbocycles. The van der Waals surface area contributed by atoms with E-state index in [2.05, 4.69) is 64.7 Å². The van der Waals surface area contributed by atoms with Crippen LogP contribution in [0.2, 0.25) is 0 Å². The first-order chi connectivity index (χ1) is 13.5. The van der Waals surface area contributed by atoms with Gasteiger partial charge in [0.05, 0.1) is 0 Å². The van der Waals surface area contributed by atoms with Gasteiger partial charge in [-0.25, -0.2) is 0 Å². The van der Waals surface area contributed by atoms with Gasteiger partial charge in [-0.3, -0.25) is 9.79 Å². The quantitative estimate of drug-likeness (QED) is 0.346. The summed E-state index contributed by atoms with van der Waals surface area (Å²) >= 11 is 0. The summed E-state index contributed by atoms with van der Waals surface area (Å²) in [6, 6.07) is 10.9. The van der Waals surface area contributed by atoms with Gasteiger partial charge in [-0.1, -0.05) is 57.0 Å². The molecule has 1 aliphatic carbocycles. The fourth-order valence-electron chi connectivity index (χ4n) is 4.43. The van der Waals surface area contributed by atoms with Crippen LogP contribution in [0.1, 0.15) is 51.5 Å². The summed E-state index contributed by atoms with van der Waals surface area (Å²) in [4.78, 5) is 19.1. The van der Waals surface area contributed by atoms with Crippen molar-refractivity contribution in [3.63, 3.8) is 0 Å². The molecule has 1 aromatic carbocycles. The first-order valence-electron chi connectivity index (χ1n) is 10.8. The van der Waals surface area contributed by atoms with Crippen molar-refractivity contribution in [2.24, 2.45) is 16.3 Å². The van der Waals surface area contributed by atoms with E-state index in [1.165, 1.54) is 18.4 Å². The van der Waals surface area contributed by atoms with Crippen LogP contribution in [0.3, 0.4) is 0 Å². The number of hydrogen-bond acceptors (Lipinski definition) is 2. The predicted octanol–water partition coefficient (Wildman–Crippen LogP) is 3.83. The molecule has 3 rings (SSSR count). The number of guanidine groups is 1. The Kier molecular flexibility index (Phi) is 9.24. The van der Waals surface area contributed by atoms with Gasteiger partial charge in [0.2, 0.25) is 5.91 Å². The standard InChI is InChI=1S/C23H36N4O.HI/c1-23(2,15-18-9-5-4-6-10-18)17-25-22(24-3)26-20-13-14-27(16-20)21(28)19-11-7-8-12-19;/h4-6,9-10,19-20H,7-8,11-17H2,1-3H3,(H2,24,25,26);1H. The highest BCUT2D eigenvalue weighted by Crippen LogP contribution is 2.28. The molecule has 2 aliphatic rings. The van der Waals surface area contributed by atoms with E-state index in [9.17, 15) is 4.79 Å². The number of nitrogens with zero attached hydrogens (tertiary/aromatic N) is 2. The Morgan fingerprint density at radius 1 is 1.17 bits per heavy atom. The van der Waals surface area contributed by atoms with Crippen molar-refractivity contribution in [2.75, 3.05) is 26.7 Å². The van der Waals surface area contributed by atoms with Crippen molar-refractivity contribution in [2.45, 2.75) is 58.4 Å². The van der Waals surface area contributed by atoms with Gasteiger partial charge < -0.3 is 15.5 Å².